The molecular weight excluding hydrogens is 406 g/mol. The molecule has 1 aromatic carbocycles. The van der Waals surface area contributed by atoms with Crippen LogP contribution in [0.4, 0.5) is 23.2 Å². The Balaban J connectivity index is 0.000000396. The zero-order chi connectivity index (χ0) is 22.1. The number of carboxylic acid groups (broad SMARTS) is 1. The summed E-state index contributed by atoms with van der Waals surface area (Å²) >= 11 is 0. The molecule has 0 spiro atoms. The minimum Gasteiger partial charge on any atom is -0.475 e. The van der Waals surface area contributed by atoms with E-state index in [4.69, 9.17) is 9.90 Å². The van der Waals surface area contributed by atoms with Crippen LogP contribution in [0.25, 0.3) is 11.3 Å². The SMILES string of the molecule is O=C(CNc1ccc(-c2ccc(F)cc2)nc1)N1CCCCC1.O=C(O)C(F)(F)F. The average molecular weight is 427 g/mol. The number of aliphatic carboxylic acids is 1. The van der Waals surface area contributed by atoms with E-state index in [2.05, 4.69) is 10.3 Å². The standard InChI is InChI=1S/C18H20FN3O.C2HF3O2/c19-15-6-4-14(5-7-15)17-9-8-16(12-21-17)20-13-18(23)22-10-2-1-3-11-22;3-2(4,5)1(6)7/h4-9,12,20H,1-3,10-11,13H2;(H,6,7). The first kappa shape index (κ1) is 23.1. The maximum absolute atomic E-state index is 12.9. The van der Waals surface area contributed by atoms with Crippen molar-refractivity contribution in [1.82, 2.24) is 9.88 Å². The summed E-state index contributed by atoms with van der Waals surface area (Å²) in [6.45, 7) is 2.02. The van der Waals surface area contributed by atoms with Crippen LogP contribution in [-0.2, 0) is 9.59 Å². The fraction of sp³-hybridized carbons (Fsp3) is 0.350. The van der Waals surface area contributed by atoms with Gasteiger partial charge in [-0.1, -0.05) is 0 Å². The first-order valence-corrected chi connectivity index (χ1v) is 9.20. The zero-order valence-corrected chi connectivity index (χ0v) is 16.0. The Morgan fingerprint density at radius 1 is 1.03 bits per heavy atom. The van der Waals surface area contributed by atoms with Gasteiger partial charge < -0.3 is 15.3 Å². The van der Waals surface area contributed by atoms with Gasteiger partial charge in [0.1, 0.15) is 5.82 Å². The minimum atomic E-state index is -5.08. The number of carbonyl (C=O) groups is 2. The topological polar surface area (TPSA) is 82.5 Å². The first-order valence-electron chi connectivity index (χ1n) is 9.20. The summed E-state index contributed by atoms with van der Waals surface area (Å²) in [6, 6.07) is 9.98. The summed E-state index contributed by atoms with van der Waals surface area (Å²) in [5.74, 6) is -2.89. The van der Waals surface area contributed by atoms with Gasteiger partial charge >= 0.3 is 12.1 Å². The van der Waals surface area contributed by atoms with Gasteiger partial charge in [-0.15, -0.1) is 0 Å². The van der Waals surface area contributed by atoms with Crippen LogP contribution in [-0.4, -0.2) is 52.7 Å². The Kier molecular flexibility index (Phi) is 8.14. The van der Waals surface area contributed by atoms with E-state index in [-0.39, 0.29) is 18.3 Å². The number of benzene rings is 1. The number of pyridine rings is 1. The van der Waals surface area contributed by atoms with Crippen LogP contribution < -0.4 is 5.32 Å². The number of anilines is 1. The maximum atomic E-state index is 12.9. The lowest BCUT2D eigenvalue weighted by Gasteiger charge is -2.26. The second kappa shape index (κ2) is 10.6. The Bertz CT molecular complexity index is 834. The third-order valence-electron chi connectivity index (χ3n) is 4.30. The molecule has 0 aliphatic carbocycles. The Morgan fingerprint density at radius 3 is 2.13 bits per heavy atom. The average Bonchev–Trinajstić information content (AvgIpc) is 2.73. The van der Waals surface area contributed by atoms with E-state index in [0.29, 0.717) is 0 Å². The van der Waals surface area contributed by atoms with Crippen molar-refractivity contribution in [2.45, 2.75) is 25.4 Å². The zero-order valence-electron chi connectivity index (χ0n) is 16.0. The van der Waals surface area contributed by atoms with Crippen molar-refractivity contribution in [2.75, 3.05) is 25.0 Å². The van der Waals surface area contributed by atoms with Gasteiger partial charge in [-0.05, 0) is 55.7 Å². The molecule has 0 atom stereocenters. The monoisotopic (exact) mass is 427 g/mol. The molecule has 2 heterocycles. The van der Waals surface area contributed by atoms with Gasteiger partial charge in [0.2, 0.25) is 5.91 Å². The lowest BCUT2D eigenvalue weighted by Crippen LogP contribution is -2.39. The highest BCUT2D eigenvalue weighted by Gasteiger charge is 2.38. The summed E-state index contributed by atoms with van der Waals surface area (Å²) in [4.78, 5) is 27.3. The molecule has 1 aliphatic heterocycles. The van der Waals surface area contributed by atoms with Gasteiger partial charge in [-0.2, -0.15) is 13.2 Å². The van der Waals surface area contributed by atoms with Crippen molar-refractivity contribution >= 4 is 17.6 Å². The molecule has 10 heteroatoms. The van der Waals surface area contributed by atoms with Gasteiger partial charge in [0.25, 0.3) is 0 Å². The predicted octanol–water partition coefficient (Wildman–Crippen LogP) is 3.95. The third-order valence-corrected chi connectivity index (χ3v) is 4.30. The molecule has 0 radical (unpaired) electrons. The number of carboxylic acids is 1. The normalized spacial score (nSPS) is 13.8. The molecule has 1 aromatic heterocycles. The van der Waals surface area contributed by atoms with Crippen LogP contribution in [0.1, 0.15) is 19.3 Å². The molecule has 2 aromatic rings. The smallest absolute Gasteiger partial charge is 0.475 e. The number of alkyl halides is 3. The number of piperidine rings is 1. The third kappa shape index (κ3) is 7.34. The first-order chi connectivity index (χ1) is 14.2. The molecule has 3 rings (SSSR count). The van der Waals surface area contributed by atoms with Crippen molar-refractivity contribution < 1.29 is 32.3 Å². The Labute approximate surface area is 170 Å². The van der Waals surface area contributed by atoms with Crippen molar-refractivity contribution in [3.63, 3.8) is 0 Å². The van der Waals surface area contributed by atoms with Crippen molar-refractivity contribution in [3.05, 3.63) is 48.4 Å². The molecule has 0 bridgehead atoms. The van der Waals surface area contributed by atoms with Crippen LogP contribution in [0.5, 0.6) is 0 Å². The second-order valence-electron chi connectivity index (χ2n) is 6.54. The molecule has 30 heavy (non-hydrogen) atoms. The molecule has 1 saturated heterocycles. The van der Waals surface area contributed by atoms with Gasteiger partial charge in [0.15, 0.2) is 0 Å². The van der Waals surface area contributed by atoms with E-state index in [9.17, 15) is 22.4 Å². The fourth-order valence-corrected chi connectivity index (χ4v) is 2.72. The number of carbonyl (C=O) groups excluding carboxylic acids is 1. The van der Waals surface area contributed by atoms with Crippen molar-refractivity contribution in [3.8, 4) is 11.3 Å². The van der Waals surface area contributed by atoms with Gasteiger partial charge in [-0.3, -0.25) is 9.78 Å². The van der Waals surface area contributed by atoms with Gasteiger partial charge in [-0.25, -0.2) is 9.18 Å². The van der Waals surface area contributed by atoms with E-state index in [1.807, 2.05) is 17.0 Å². The Hall–Kier alpha value is -3.17. The number of hydrogen-bond donors (Lipinski definition) is 2. The number of nitrogens with zero attached hydrogens (tertiary/aromatic N) is 2. The largest absolute Gasteiger partial charge is 0.490 e. The molecule has 162 valence electrons. The molecule has 2 N–H and O–H groups in total. The van der Waals surface area contributed by atoms with E-state index < -0.39 is 12.1 Å². The van der Waals surface area contributed by atoms with E-state index in [1.165, 1.54) is 18.6 Å². The molecule has 0 unspecified atom stereocenters. The molecule has 6 nitrogen and oxygen atoms in total. The van der Waals surface area contributed by atoms with Gasteiger partial charge in [0, 0.05) is 18.7 Å². The molecule has 0 saturated carbocycles. The number of rotatable bonds is 4. The van der Waals surface area contributed by atoms with Crippen molar-refractivity contribution in [2.24, 2.45) is 0 Å². The summed E-state index contributed by atoms with van der Waals surface area (Å²) < 4.78 is 44.7. The lowest BCUT2D eigenvalue weighted by atomic mass is 10.1. The van der Waals surface area contributed by atoms with E-state index >= 15 is 0 Å². The summed E-state index contributed by atoms with van der Waals surface area (Å²) in [5, 5.41) is 10.2. The maximum Gasteiger partial charge on any atom is 0.490 e. The van der Waals surface area contributed by atoms with Crippen LogP contribution in [0.2, 0.25) is 0 Å². The number of amides is 1. The highest BCUT2D eigenvalue weighted by molar-refractivity contribution is 5.81. The van der Waals surface area contributed by atoms with E-state index in [1.54, 1.807) is 18.3 Å². The molecule has 1 fully saturated rings. The number of aromatic nitrogens is 1. The van der Waals surface area contributed by atoms with Crippen LogP contribution in [0.15, 0.2) is 42.6 Å². The fourth-order valence-electron chi connectivity index (χ4n) is 2.72. The minimum absolute atomic E-state index is 0.132. The number of likely N-dealkylation sites (tertiary alicyclic amines) is 1. The Morgan fingerprint density at radius 2 is 1.63 bits per heavy atom. The van der Waals surface area contributed by atoms with Crippen molar-refractivity contribution in [1.29, 1.82) is 0 Å². The second-order valence-corrected chi connectivity index (χ2v) is 6.54. The molecule has 1 amide bonds. The quantitative estimate of drug-likeness (QED) is 0.723. The number of hydrogen-bond acceptors (Lipinski definition) is 4. The molecule has 1 aliphatic rings. The highest BCUT2D eigenvalue weighted by Crippen LogP contribution is 2.19. The highest BCUT2D eigenvalue weighted by atomic mass is 19.4. The van der Waals surface area contributed by atoms with Crippen LogP contribution in [0.3, 0.4) is 0 Å². The summed E-state index contributed by atoms with van der Waals surface area (Å²) in [7, 11) is 0. The van der Waals surface area contributed by atoms with E-state index in [0.717, 1.165) is 42.9 Å². The summed E-state index contributed by atoms with van der Waals surface area (Å²) in [5.41, 5.74) is 2.45. The van der Waals surface area contributed by atoms with Crippen LogP contribution in [0, 0.1) is 5.82 Å². The number of nitrogens with one attached hydrogen (secondary N) is 1. The van der Waals surface area contributed by atoms with Crippen LogP contribution >= 0.6 is 0 Å². The van der Waals surface area contributed by atoms with Gasteiger partial charge in [0.05, 0.1) is 24.1 Å². The number of halogens is 4. The predicted molar refractivity (Wildman–Crippen MR) is 102 cm³/mol. The summed E-state index contributed by atoms with van der Waals surface area (Å²) in [6.07, 6.45) is 0.0213. The lowest BCUT2D eigenvalue weighted by molar-refractivity contribution is -0.192. The molecular formula is C20H21F4N3O3.